The van der Waals surface area contributed by atoms with Gasteiger partial charge in [-0.1, -0.05) is 18.6 Å². The van der Waals surface area contributed by atoms with Crippen LogP contribution in [0.1, 0.15) is 45.4 Å². The summed E-state index contributed by atoms with van der Waals surface area (Å²) in [5.74, 6) is -1.60. The van der Waals surface area contributed by atoms with Crippen molar-refractivity contribution < 1.29 is 24.5 Å². The maximum absolute atomic E-state index is 12.7. The highest BCUT2D eigenvalue weighted by Crippen LogP contribution is 2.78. The number of aliphatic hydroxyl groups is 1. The number of aliphatic hydroxyl groups excluding tert-OH is 1. The molecule has 4 aliphatic carbocycles. The number of aliphatic carboxylic acids is 1. The van der Waals surface area contributed by atoms with Crippen LogP contribution in [0, 0.1) is 39.9 Å². The van der Waals surface area contributed by atoms with Gasteiger partial charge < -0.3 is 14.9 Å². The Kier molecular flexibility index (Phi) is 2.84. The van der Waals surface area contributed by atoms with Gasteiger partial charge in [-0.05, 0) is 56.3 Å². The molecule has 1 heterocycles. The fourth-order valence-corrected chi connectivity index (χ4v) is 8.15. The van der Waals surface area contributed by atoms with Crippen molar-refractivity contribution in [3.63, 3.8) is 0 Å². The molecule has 25 heavy (non-hydrogen) atoms. The number of carbonyl (C=O) groups excluding carboxylic acids is 1. The number of rotatable bonds is 1. The summed E-state index contributed by atoms with van der Waals surface area (Å²) in [4.78, 5) is 25.2. The van der Waals surface area contributed by atoms with Gasteiger partial charge in [0.1, 0.15) is 0 Å². The fraction of sp³-hybridized carbons (Fsp3) is 0.800. The second kappa shape index (κ2) is 4.48. The van der Waals surface area contributed by atoms with Crippen LogP contribution in [0.2, 0.25) is 0 Å². The Balaban J connectivity index is 1.75. The summed E-state index contributed by atoms with van der Waals surface area (Å²) in [5.41, 5.74) is -0.364. The number of fused-ring (bicyclic) bond motifs is 1. The molecular formula is C20H26O5. The second-order valence-electron chi connectivity index (χ2n) is 9.61. The molecule has 8 unspecified atom stereocenters. The second-order valence-corrected chi connectivity index (χ2v) is 9.61. The number of cyclic esters (lactones) is 1. The minimum atomic E-state index is -0.774. The number of esters is 1. The molecule has 2 N–H and O–H groups in total. The summed E-state index contributed by atoms with van der Waals surface area (Å²) in [6.07, 6.45) is 4.11. The number of hydrogen-bond donors (Lipinski definition) is 2. The van der Waals surface area contributed by atoms with Crippen molar-refractivity contribution in [2.24, 2.45) is 39.9 Å². The van der Waals surface area contributed by atoms with Crippen LogP contribution in [0.5, 0.6) is 0 Å². The van der Waals surface area contributed by atoms with E-state index in [1.807, 2.05) is 6.92 Å². The van der Waals surface area contributed by atoms with Gasteiger partial charge >= 0.3 is 11.9 Å². The molecule has 1 aliphatic heterocycles. The van der Waals surface area contributed by atoms with E-state index < -0.39 is 23.4 Å². The highest BCUT2D eigenvalue weighted by atomic mass is 16.5. The molecule has 5 heteroatoms. The number of ether oxygens (including phenoxy) is 1. The maximum atomic E-state index is 12.7. The van der Waals surface area contributed by atoms with Crippen molar-refractivity contribution >= 4 is 11.9 Å². The number of carboxylic acids is 1. The lowest BCUT2D eigenvalue weighted by Crippen LogP contribution is -2.58. The molecule has 0 aromatic rings. The highest BCUT2D eigenvalue weighted by molar-refractivity contribution is 5.82. The molecule has 4 bridgehead atoms. The predicted molar refractivity (Wildman–Crippen MR) is 88.4 cm³/mol. The van der Waals surface area contributed by atoms with Crippen LogP contribution >= 0.6 is 0 Å². The van der Waals surface area contributed by atoms with Gasteiger partial charge in [0.05, 0.1) is 24.0 Å². The van der Waals surface area contributed by atoms with E-state index in [0.29, 0.717) is 32.3 Å². The van der Waals surface area contributed by atoms with E-state index in [1.165, 1.54) is 0 Å². The smallest absolute Gasteiger partial charge is 0.312 e. The largest absolute Gasteiger partial charge is 0.481 e. The van der Waals surface area contributed by atoms with Gasteiger partial charge in [-0.2, -0.15) is 0 Å². The molecule has 0 aromatic carbocycles. The van der Waals surface area contributed by atoms with Crippen LogP contribution in [0.25, 0.3) is 0 Å². The molecule has 5 rings (SSSR count). The summed E-state index contributed by atoms with van der Waals surface area (Å²) in [6, 6.07) is 0. The first-order chi connectivity index (χ1) is 11.8. The normalized spacial score (nSPS) is 56.2. The first-order valence-corrected chi connectivity index (χ1v) is 9.52. The van der Waals surface area contributed by atoms with Crippen molar-refractivity contribution in [1.82, 2.24) is 0 Å². The third kappa shape index (κ3) is 1.56. The zero-order valence-corrected chi connectivity index (χ0v) is 14.7. The van der Waals surface area contributed by atoms with Gasteiger partial charge in [0.15, 0.2) is 0 Å². The molecule has 0 radical (unpaired) electrons. The van der Waals surface area contributed by atoms with E-state index in [0.717, 1.165) is 18.4 Å². The molecule has 136 valence electrons. The van der Waals surface area contributed by atoms with Crippen molar-refractivity contribution in [2.45, 2.75) is 51.6 Å². The van der Waals surface area contributed by atoms with Gasteiger partial charge in [-0.15, -0.1) is 0 Å². The molecule has 0 aromatic heterocycles. The Morgan fingerprint density at radius 2 is 2.08 bits per heavy atom. The average molecular weight is 346 g/mol. The molecule has 0 amide bonds. The summed E-state index contributed by atoms with van der Waals surface area (Å²) < 4.78 is 5.66. The van der Waals surface area contributed by atoms with Crippen LogP contribution in [-0.4, -0.2) is 34.9 Å². The van der Waals surface area contributed by atoms with E-state index in [2.05, 4.69) is 6.58 Å². The standard InChI is InChI=1S/C20H26O5/c1-10-7-20-8-11(10)12(21)6-13(20)19-5-3-4-18(2,17(24)25-9-19)15(19)14(20)16(22)23/h11-15,21H,1,3-9H2,2H3,(H,22,23). The summed E-state index contributed by atoms with van der Waals surface area (Å²) in [7, 11) is 0. The van der Waals surface area contributed by atoms with Crippen LogP contribution in [0.15, 0.2) is 12.2 Å². The lowest BCUT2D eigenvalue weighted by atomic mass is 9.51. The van der Waals surface area contributed by atoms with Crippen molar-refractivity contribution in [3.8, 4) is 0 Å². The van der Waals surface area contributed by atoms with Gasteiger partial charge in [-0.25, -0.2) is 0 Å². The minimum Gasteiger partial charge on any atom is -0.481 e. The van der Waals surface area contributed by atoms with Crippen LogP contribution in [0.3, 0.4) is 0 Å². The maximum Gasteiger partial charge on any atom is 0.312 e. The van der Waals surface area contributed by atoms with E-state index in [-0.39, 0.29) is 34.6 Å². The van der Waals surface area contributed by atoms with Crippen LogP contribution in [0.4, 0.5) is 0 Å². The van der Waals surface area contributed by atoms with Gasteiger partial charge in [0, 0.05) is 11.3 Å². The van der Waals surface area contributed by atoms with Crippen molar-refractivity contribution in [1.29, 1.82) is 0 Å². The zero-order chi connectivity index (χ0) is 17.8. The van der Waals surface area contributed by atoms with E-state index in [1.54, 1.807) is 0 Å². The first-order valence-electron chi connectivity index (χ1n) is 9.52. The summed E-state index contributed by atoms with van der Waals surface area (Å²) in [5, 5.41) is 21.0. The molecule has 4 saturated carbocycles. The van der Waals surface area contributed by atoms with Crippen LogP contribution in [-0.2, 0) is 14.3 Å². The fourth-order valence-electron chi connectivity index (χ4n) is 8.15. The summed E-state index contributed by atoms with van der Waals surface area (Å²) in [6.45, 7) is 6.43. The molecule has 5 fully saturated rings. The SMILES string of the molecule is C=C1CC23CC1C(O)CC2C12CCCC(C)(C(=O)OC1)C2C3C(=O)O. The average Bonchev–Trinajstić information content (AvgIpc) is 2.97. The third-order valence-corrected chi connectivity index (χ3v) is 8.81. The highest BCUT2D eigenvalue weighted by Gasteiger charge is 2.79. The van der Waals surface area contributed by atoms with Crippen molar-refractivity contribution in [2.75, 3.05) is 6.61 Å². The lowest BCUT2D eigenvalue weighted by molar-refractivity contribution is -0.201. The number of carboxylic acid groups (broad SMARTS) is 1. The lowest BCUT2D eigenvalue weighted by Gasteiger charge is -2.55. The zero-order valence-electron chi connectivity index (χ0n) is 14.7. The monoisotopic (exact) mass is 346 g/mol. The Morgan fingerprint density at radius 3 is 2.80 bits per heavy atom. The van der Waals surface area contributed by atoms with E-state index >= 15 is 0 Å². The van der Waals surface area contributed by atoms with E-state index in [4.69, 9.17) is 4.74 Å². The van der Waals surface area contributed by atoms with Crippen LogP contribution < -0.4 is 0 Å². The summed E-state index contributed by atoms with van der Waals surface area (Å²) >= 11 is 0. The predicted octanol–water partition coefficient (Wildman–Crippen LogP) is 2.38. The topological polar surface area (TPSA) is 83.8 Å². The Morgan fingerprint density at radius 1 is 1.32 bits per heavy atom. The minimum absolute atomic E-state index is 0.0129. The van der Waals surface area contributed by atoms with Gasteiger partial charge in [0.25, 0.3) is 0 Å². The Labute approximate surface area is 147 Å². The molecule has 1 spiro atoms. The van der Waals surface area contributed by atoms with Gasteiger partial charge in [0.2, 0.25) is 0 Å². The number of carbonyl (C=O) groups is 2. The van der Waals surface area contributed by atoms with E-state index in [9.17, 15) is 19.8 Å². The van der Waals surface area contributed by atoms with Crippen molar-refractivity contribution in [3.05, 3.63) is 12.2 Å². The first kappa shape index (κ1) is 15.9. The Bertz CT molecular complexity index is 700. The molecular weight excluding hydrogens is 320 g/mol. The molecule has 1 saturated heterocycles. The third-order valence-electron chi connectivity index (χ3n) is 8.81. The Hall–Kier alpha value is -1.36. The molecule has 8 atom stereocenters. The molecule has 5 nitrogen and oxygen atoms in total. The number of hydrogen-bond acceptors (Lipinski definition) is 4. The molecule has 5 aliphatic rings. The van der Waals surface area contributed by atoms with Gasteiger partial charge in [-0.3, -0.25) is 9.59 Å². The quantitative estimate of drug-likeness (QED) is 0.563.